The molecule has 0 amide bonds. The molecule has 1 aliphatic heterocycles. The van der Waals surface area contributed by atoms with E-state index in [1.807, 2.05) is 36.4 Å². The molecule has 0 saturated carbocycles. The molecule has 0 aromatic heterocycles. The Balaban J connectivity index is 1.97. The summed E-state index contributed by atoms with van der Waals surface area (Å²) in [4.78, 5) is 14.3. The van der Waals surface area contributed by atoms with E-state index in [1.54, 1.807) is 14.2 Å². The van der Waals surface area contributed by atoms with Gasteiger partial charge < -0.3 is 14.6 Å². The zero-order chi connectivity index (χ0) is 21.1. The van der Waals surface area contributed by atoms with Crippen LogP contribution in [-0.4, -0.2) is 42.8 Å². The Morgan fingerprint density at radius 3 is 2.57 bits per heavy atom. The van der Waals surface area contributed by atoms with Crippen LogP contribution in [0.5, 0.6) is 11.5 Å². The maximum absolute atomic E-state index is 12.2. The number of carboxylic acid groups (broad SMARTS) is 1. The monoisotopic (exact) mass is 405 g/mol. The molecule has 3 aromatic rings. The van der Waals surface area contributed by atoms with E-state index in [1.165, 1.54) is 0 Å². The van der Waals surface area contributed by atoms with Crippen LogP contribution < -0.4 is 9.47 Å². The number of nitrogens with zero attached hydrogens (tertiary/aromatic N) is 1. The van der Waals surface area contributed by atoms with Gasteiger partial charge in [0.1, 0.15) is 17.5 Å². The molecule has 1 saturated heterocycles. The van der Waals surface area contributed by atoms with Crippen LogP contribution in [0.4, 0.5) is 0 Å². The fourth-order valence-corrected chi connectivity index (χ4v) is 4.59. The lowest BCUT2D eigenvalue weighted by Gasteiger charge is -2.40. The van der Waals surface area contributed by atoms with Crippen LogP contribution in [0.15, 0.2) is 60.7 Å². The molecule has 0 bridgehead atoms. The van der Waals surface area contributed by atoms with Crippen molar-refractivity contribution in [1.29, 1.82) is 0 Å². The minimum absolute atomic E-state index is 0.262. The van der Waals surface area contributed by atoms with Gasteiger partial charge in [-0.25, -0.2) is 0 Å². The topological polar surface area (TPSA) is 59.0 Å². The van der Waals surface area contributed by atoms with E-state index in [4.69, 9.17) is 9.47 Å². The molecule has 4 rings (SSSR count). The SMILES string of the molecule is COc1ccc(OC)c(C(c2cccc3ccccc23)N2CCCCC2C(=O)O)c1. The van der Waals surface area contributed by atoms with Gasteiger partial charge in [-0.1, -0.05) is 48.9 Å². The predicted octanol–water partition coefficient (Wildman–Crippen LogP) is 4.89. The van der Waals surface area contributed by atoms with Gasteiger partial charge in [0.05, 0.1) is 20.3 Å². The number of aliphatic carboxylic acids is 1. The first-order valence-corrected chi connectivity index (χ1v) is 10.3. The number of piperidine rings is 1. The Labute approximate surface area is 176 Å². The number of likely N-dealkylation sites (tertiary alicyclic amines) is 1. The number of carboxylic acids is 1. The summed E-state index contributed by atoms with van der Waals surface area (Å²) in [6.45, 7) is 0.714. The lowest BCUT2D eigenvalue weighted by molar-refractivity contribution is -0.145. The highest BCUT2D eigenvalue weighted by Gasteiger charge is 2.37. The lowest BCUT2D eigenvalue weighted by atomic mass is 9.88. The van der Waals surface area contributed by atoms with Gasteiger partial charge in [0.15, 0.2) is 0 Å². The molecule has 0 radical (unpaired) electrons. The van der Waals surface area contributed by atoms with Crippen LogP contribution in [0, 0.1) is 0 Å². The molecule has 1 N–H and O–H groups in total. The highest BCUT2D eigenvalue weighted by Crippen LogP contribution is 2.42. The Morgan fingerprint density at radius 2 is 1.80 bits per heavy atom. The van der Waals surface area contributed by atoms with Crippen LogP contribution in [0.1, 0.15) is 36.4 Å². The minimum atomic E-state index is -0.776. The molecule has 156 valence electrons. The van der Waals surface area contributed by atoms with Crippen LogP contribution in [0.3, 0.4) is 0 Å². The smallest absolute Gasteiger partial charge is 0.320 e. The molecular weight excluding hydrogens is 378 g/mol. The summed E-state index contributed by atoms with van der Waals surface area (Å²) in [6.07, 6.45) is 2.53. The summed E-state index contributed by atoms with van der Waals surface area (Å²) in [5, 5.41) is 12.2. The van der Waals surface area contributed by atoms with Crippen LogP contribution in [0.2, 0.25) is 0 Å². The second kappa shape index (κ2) is 8.76. The number of methoxy groups -OCH3 is 2. The second-order valence-electron chi connectivity index (χ2n) is 7.67. The summed E-state index contributed by atoms with van der Waals surface area (Å²) < 4.78 is 11.2. The van der Waals surface area contributed by atoms with Crippen molar-refractivity contribution in [2.45, 2.75) is 31.3 Å². The number of fused-ring (bicyclic) bond motifs is 1. The van der Waals surface area contributed by atoms with Crippen molar-refractivity contribution in [1.82, 2.24) is 4.90 Å². The van der Waals surface area contributed by atoms with Crippen molar-refractivity contribution in [2.75, 3.05) is 20.8 Å². The van der Waals surface area contributed by atoms with E-state index in [-0.39, 0.29) is 6.04 Å². The van der Waals surface area contributed by atoms with Gasteiger partial charge in [0.2, 0.25) is 0 Å². The normalized spacial score (nSPS) is 18.1. The Bertz CT molecular complexity index is 1040. The molecule has 2 atom stereocenters. The number of benzene rings is 3. The highest BCUT2D eigenvalue weighted by atomic mass is 16.5. The van der Waals surface area contributed by atoms with Gasteiger partial charge in [0.25, 0.3) is 0 Å². The maximum Gasteiger partial charge on any atom is 0.320 e. The third-order valence-electron chi connectivity index (χ3n) is 6.01. The van der Waals surface area contributed by atoms with Crippen LogP contribution >= 0.6 is 0 Å². The third-order valence-corrected chi connectivity index (χ3v) is 6.01. The van der Waals surface area contributed by atoms with Crippen molar-refractivity contribution in [3.05, 3.63) is 71.8 Å². The lowest BCUT2D eigenvalue weighted by Crippen LogP contribution is -2.47. The van der Waals surface area contributed by atoms with Gasteiger partial charge >= 0.3 is 5.97 Å². The number of hydrogen-bond acceptors (Lipinski definition) is 4. The summed E-state index contributed by atoms with van der Waals surface area (Å²) in [5.74, 6) is 0.671. The number of hydrogen-bond donors (Lipinski definition) is 1. The fraction of sp³-hybridized carbons (Fsp3) is 0.320. The minimum Gasteiger partial charge on any atom is -0.497 e. The maximum atomic E-state index is 12.2. The van der Waals surface area contributed by atoms with Gasteiger partial charge in [-0.15, -0.1) is 0 Å². The summed E-state index contributed by atoms with van der Waals surface area (Å²) in [7, 11) is 3.29. The number of rotatable bonds is 6. The largest absolute Gasteiger partial charge is 0.497 e. The number of carbonyl (C=O) groups is 1. The molecule has 0 aliphatic carbocycles. The molecule has 5 nitrogen and oxygen atoms in total. The van der Waals surface area contributed by atoms with E-state index < -0.39 is 12.0 Å². The van der Waals surface area contributed by atoms with E-state index in [2.05, 4.69) is 29.2 Å². The second-order valence-corrected chi connectivity index (χ2v) is 7.67. The highest BCUT2D eigenvalue weighted by molar-refractivity contribution is 5.87. The van der Waals surface area contributed by atoms with Crippen molar-refractivity contribution >= 4 is 16.7 Å². The van der Waals surface area contributed by atoms with Gasteiger partial charge in [-0.3, -0.25) is 9.69 Å². The molecular formula is C25H27NO4. The standard InChI is InChI=1S/C25H27NO4/c1-29-18-13-14-23(30-2)21(16-18)24(26-15-6-5-12-22(26)25(27)28)20-11-7-9-17-8-3-4-10-19(17)20/h3-4,7-11,13-14,16,22,24H,5-6,12,15H2,1-2H3,(H,27,28). The zero-order valence-electron chi connectivity index (χ0n) is 17.4. The van der Waals surface area contributed by atoms with Gasteiger partial charge in [-0.2, -0.15) is 0 Å². The molecule has 1 aliphatic rings. The molecule has 2 unspecified atom stereocenters. The first kappa shape index (κ1) is 20.2. The predicted molar refractivity (Wildman–Crippen MR) is 117 cm³/mol. The Hall–Kier alpha value is -3.05. The average Bonchev–Trinajstić information content (AvgIpc) is 2.79. The van der Waals surface area contributed by atoms with Crippen molar-refractivity contribution in [3.63, 3.8) is 0 Å². The molecule has 0 spiro atoms. The fourth-order valence-electron chi connectivity index (χ4n) is 4.59. The quantitative estimate of drug-likeness (QED) is 0.633. The van der Waals surface area contributed by atoms with Gasteiger partial charge in [-0.05, 0) is 53.9 Å². The molecule has 3 aromatic carbocycles. The van der Waals surface area contributed by atoms with E-state index in [9.17, 15) is 9.90 Å². The number of ether oxygens (including phenoxy) is 2. The van der Waals surface area contributed by atoms with E-state index in [0.717, 1.165) is 46.2 Å². The Morgan fingerprint density at radius 1 is 1.00 bits per heavy atom. The van der Waals surface area contributed by atoms with Crippen molar-refractivity contribution in [2.24, 2.45) is 0 Å². The first-order chi connectivity index (χ1) is 14.6. The first-order valence-electron chi connectivity index (χ1n) is 10.3. The zero-order valence-corrected chi connectivity index (χ0v) is 17.4. The summed E-state index contributed by atoms with van der Waals surface area (Å²) >= 11 is 0. The Kier molecular flexibility index (Phi) is 5.91. The average molecular weight is 405 g/mol. The molecule has 30 heavy (non-hydrogen) atoms. The van der Waals surface area contributed by atoms with Crippen LogP contribution in [0.25, 0.3) is 10.8 Å². The molecule has 5 heteroatoms. The molecule has 1 heterocycles. The van der Waals surface area contributed by atoms with Gasteiger partial charge in [0, 0.05) is 5.56 Å². The van der Waals surface area contributed by atoms with E-state index >= 15 is 0 Å². The molecule has 1 fully saturated rings. The van der Waals surface area contributed by atoms with Crippen LogP contribution in [-0.2, 0) is 4.79 Å². The van der Waals surface area contributed by atoms with Crippen molar-refractivity contribution < 1.29 is 19.4 Å². The van der Waals surface area contributed by atoms with E-state index in [0.29, 0.717) is 13.0 Å². The summed E-state index contributed by atoms with van der Waals surface area (Å²) in [6, 6.07) is 19.4. The third kappa shape index (κ3) is 3.73. The summed E-state index contributed by atoms with van der Waals surface area (Å²) in [5.41, 5.74) is 1.99. The van der Waals surface area contributed by atoms with Crippen molar-refractivity contribution in [3.8, 4) is 11.5 Å².